The zero-order chi connectivity index (χ0) is 70.2. The summed E-state index contributed by atoms with van der Waals surface area (Å²) in [4.78, 5) is 7.87. The van der Waals surface area contributed by atoms with Crippen LogP contribution >= 0.6 is 0 Å². The van der Waals surface area contributed by atoms with Crippen molar-refractivity contribution in [2.45, 2.75) is 149 Å². The molecule has 0 bridgehead atoms. The summed E-state index contributed by atoms with van der Waals surface area (Å²) >= 11 is 0. The van der Waals surface area contributed by atoms with Crippen LogP contribution in [0.5, 0.6) is 0 Å². The fourth-order valence-corrected chi connectivity index (χ4v) is 10.3. The van der Waals surface area contributed by atoms with Gasteiger partial charge in [0, 0.05) is 27.8 Å². The Bertz CT molecular complexity index is 4170. The highest BCUT2D eigenvalue weighted by Gasteiger charge is 2.38. The molecule has 0 atom stereocenters. The monoisotopic (exact) mass is 1290 g/mol. The third-order valence-electron chi connectivity index (χ3n) is 15.6. The first-order chi connectivity index (χ1) is 42.2. The van der Waals surface area contributed by atoms with E-state index < -0.39 is 58.7 Å². The lowest BCUT2D eigenvalue weighted by molar-refractivity contribution is -0.143. The molecule has 9 rings (SSSR count). The van der Waals surface area contributed by atoms with Crippen molar-refractivity contribution >= 4 is 27.5 Å². The second-order valence-corrected chi connectivity index (χ2v) is 22.5. The molecule has 0 unspecified atom stereocenters. The third-order valence-corrected chi connectivity index (χ3v) is 15.6. The minimum atomic E-state index is -4.76. The molecular formula is C72H68F15N5. The highest BCUT2D eigenvalue weighted by atomic mass is 19.4. The van der Waals surface area contributed by atoms with E-state index in [0.29, 0.717) is 28.4 Å². The van der Waals surface area contributed by atoms with E-state index in [-0.39, 0.29) is 28.3 Å². The van der Waals surface area contributed by atoms with E-state index in [1.54, 1.807) is 39.0 Å². The lowest BCUT2D eigenvalue weighted by Crippen LogP contribution is -2.12. The van der Waals surface area contributed by atoms with Gasteiger partial charge in [0.05, 0.1) is 68.7 Å². The van der Waals surface area contributed by atoms with E-state index in [1.807, 2.05) is 26.0 Å². The Morgan fingerprint density at radius 3 is 1.14 bits per heavy atom. The molecule has 2 aromatic heterocycles. The summed E-state index contributed by atoms with van der Waals surface area (Å²) in [6.07, 6.45) is -22.5. The summed E-state index contributed by atoms with van der Waals surface area (Å²) in [5.74, 6) is 0. The normalized spacial score (nSPS) is 11.4. The molecule has 0 radical (unpaired) electrons. The molecule has 0 amide bonds. The maximum Gasteiger partial charge on any atom is 0.416 e. The van der Waals surface area contributed by atoms with E-state index in [1.165, 1.54) is 103 Å². The average molecular weight is 1290 g/mol. The Morgan fingerprint density at radius 1 is 0.370 bits per heavy atom. The summed E-state index contributed by atoms with van der Waals surface area (Å²) in [7, 11) is 0. The second-order valence-electron chi connectivity index (χ2n) is 22.5. The lowest BCUT2D eigenvalue weighted by atomic mass is 9.90. The van der Waals surface area contributed by atoms with E-state index in [4.69, 9.17) is 17.1 Å². The number of rotatable bonds is 1. The number of halogens is 15. The van der Waals surface area contributed by atoms with Crippen LogP contribution in [0.4, 0.5) is 71.5 Å². The predicted molar refractivity (Wildman–Crippen MR) is 332 cm³/mol. The smallest absolute Gasteiger partial charge is 0.309 e. The first-order valence-corrected chi connectivity index (χ1v) is 28.2. The van der Waals surface area contributed by atoms with E-state index in [0.717, 1.165) is 60.3 Å². The summed E-state index contributed by atoms with van der Waals surface area (Å²) in [5, 5.41) is 19.6. The standard InChI is InChI=1S/C28H30N2.C9H6F6.2C9H6F3N.C9H9F3.C8H11N/c1-14-13-23(29-10)11-12-24(14)30-27-21(8)17(4)15(2)19(6)25(27)26-20(7)16(3)18(5)22(9)28(26)30;1-5-2-3-6(8(10,11)12)4-7(5)9(13,14)15;1-6-2-3-8(9(10,11)12)4-7(6)5-13;1-6-2-3-7(5-13)4-8(6)9(10,11)12;1-6-3-7(2)5-8(4-6)9(10,11)12;1-6-4-7(2)9-8(3)5-6/h11-13H,1-9H3;2-4H,1H3;2*2-4H,1H3;3-5H,1-2H3;4-5H,1-3H3. The van der Waals surface area contributed by atoms with Crippen LogP contribution in [0.15, 0.2) is 103 Å². The topological polar surface area (TPSA) is 69.8 Å². The van der Waals surface area contributed by atoms with Gasteiger partial charge in [0.25, 0.3) is 0 Å². The Kier molecular flexibility index (Phi) is 24.1. The first kappa shape index (κ1) is 75.4. The Labute approximate surface area is 526 Å². The number of benzene rings is 7. The molecule has 0 aliphatic heterocycles. The highest BCUT2D eigenvalue weighted by molar-refractivity contribution is 6.15. The van der Waals surface area contributed by atoms with Gasteiger partial charge in [0.2, 0.25) is 0 Å². The molecule has 0 fully saturated rings. The molecule has 7 aromatic carbocycles. The molecule has 0 spiro atoms. The van der Waals surface area contributed by atoms with Crippen molar-refractivity contribution in [3.05, 3.63) is 248 Å². The van der Waals surface area contributed by atoms with Crippen LogP contribution in [0.2, 0.25) is 0 Å². The molecule has 0 N–H and O–H groups in total. The van der Waals surface area contributed by atoms with Gasteiger partial charge in [0.15, 0.2) is 5.69 Å². The summed E-state index contributed by atoms with van der Waals surface area (Å²) in [5.41, 5.74) is 17.2. The number of nitriles is 2. The molecule has 0 aliphatic rings. The molecule has 0 saturated carbocycles. The highest BCUT2D eigenvalue weighted by Crippen LogP contribution is 2.45. The number of hydrogen-bond acceptors (Lipinski definition) is 3. The van der Waals surface area contributed by atoms with E-state index in [2.05, 4.69) is 102 Å². The van der Waals surface area contributed by atoms with Gasteiger partial charge in [-0.25, -0.2) is 4.85 Å². The van der Waals surface area contributed by atoms with Crippen molar-refractivity contribution < 1.29 is 65.9 Å². The van der Waals surface area contributed by atoms with Gasteiger partial charge in [-0.05, 0) is 257 Å². The predicted octanol–water partition coefficient (Wildman–Crippen LogP) is 23.2. The average Bonchev–Trinajstić information content (AvgIpc) is 1.54. The third kappa shape index (κ3) is 18.5. The van der Waals surface area contributed by atoms with Crippen LogP contribution < -0.4 is 0 Å². The van der Waals surface area contributed by atoms with Gasteiger partial charge in [-0.15, -0.1) is 0 Å². The van der Waals surface area contributed by atoms with Crippen LogP contribution in [0.25, 0.3) is 32.3 Å². The number of hydrogen-bond donors (Lipinski definition) is 0. The fraction of sp³-hybridized carbons (Fsp3) is 0.306. The van der Waals surface area contributed by atoms with Crippen molar-refractivity contribution in [2.24, 2.45) is 0 Å². The molecular weight excluding hydrogens is 1220 g/mol. The van der Waals surface area contributed by atoms with Gasteiger partial charge < -0.3 is 4.57 Å². The summed E-state index contributed by atoms with van der Waals surface area (Å²) in [6, 6.07) is 25.8. The molecule has 0 aliphatic carbocycles. The van der Waals surface area contributed by atoms with Gasteiger partial charge in [0.1, 0.15) is 0 Å². The zero-order valence-electron chi connectivity index (χ0n) is 53.7. The molecule has 9 aromatic rings. The largest absolute Gasteiger partial charge is 0.416 e. The van der Waals surface area contributed by atoms with Crippen molar-refractivity contribution in [3.8, 4) is 17.8 Å². The fourth-order valence-electron chi connectivity index (χ4n) is 10.3. The number of alkyl halides is 15. The van der Waals surface area contributed by atoms with Gasteiger partial charge in [-0.2, -0.15) is 76.4 Å². The van der Waals surface area contributed by atoms with Gasteiger partial charge in [-0.1, -0.05) is 47.5 Å². The maximum absolute atomic E-state index is 12.3. The van der Waals surface area contributed by atoms with Crippen LogP contribution in [0, 0.1) is 147 Å². The van der Waals surface area contributed by atoms with Crippen LogP contribution in [-0.4, -0.2) is 9.55 Å². The van der Waals surface area contributed by atoms with E-state index in [9.17, 15) is 65.9 Å². The number of aromatic nitrogens is 2. The van der Waals surface area contributed by atoms with Crippen molar-refractivity contribution in [1.29, 1.82) is 10.5 Å². The number of nitrogens with zero attached hydrogens (tertiary/aromatic N) is 5. The SMILES string of the molecule is Cc1cc(C)cc(C(F)(F)F)c1.Cc1cc(C)nc(C)c1.Cc1ccc(C#N)cc1C(F)(F)F.Cc1ccc(C(F)(F)F)cc1C#N.Cc1ccc(C(F)(F)F)cc1C(F)(F)F.[C-]#[N+]c1ccc(-n2c3c(C)c(C)c(C)c(C)c3c3c(C)c(C)c(C)c(C)c32)c(C)c1. The lowest BCUT2D eigenvalue weighted by Gasteiger charge is -2.17. The molecule has 5 nitrogen and oxygen atoms in total. The van der Waals surface area contributed by atoms with Gasteiger partial charge >= 0.3 is 30.9 Å². The van der Waals surface area contributed by atoms with Gasteiger partial charge in [-0.3, -0.25) is 4.98 Å². The molecule has 0 saturated heterocycles. The summed E-state index contributed by atoms with van der Waals surface area (Å²) in [6.45, 7) is 41.0. The van der Waals surface area contributed by atoms with Crippen LogP contribution in [0.1, 0.15) is 134 Å². The minimum absolute atomic E-state index is 0.0259. The van der Waals surface area contributed by atoms with Crippen LogP contribution in [0.3, 0.4) is 0 Å². The van der Waals surface area contributed by atoms with Crippen molar-refractivity contribution in [1.82, 2.24) is 9.55 Å². The Morgan fingerprint density at radius 2 is 0.761 bits per heavy atom. The Hall–Kier alpha value is -9.09. The van der Waals surface area contributed by atoms with E-state index >= 15 is 0 Å². The van der Waals surface area contributed by atoms with Crippen LogP contribution in [-0.2, 0) is 30.9 Å². The quantitative estimate of drug-likeness (QED) is 0.121. The minimum Gasteiger partial charge on any atom is -0.309 e. The Balaban J connectivity index is 0.000000250. The molecule has 486 valence electrons. The maximum atomic E-state index is 12.3. The summed E-state index contributed by atoms with van der Waals surface area (Å²) < 4.78 is 185. The first-order valence-electron chi connectivity index (χ1n) is 28.2. The number of fused-ring (bicyclic) bond motifs is 3. The molecule has 20 heteroatoms. The van der Waals surface area contributed by atoms with Crippen molar-refractivity contribution in [3.63, 3.8) is 0 Å². The second kappa shape index (κ2) is 29.5. The van der Waals surface area contributed by atoms with Crippen molar-refractivity contribution in [2.75, 3.05) is 0 Å². The molecule has 92 heavy (non-hydrogen) atoms. The zero-order valence-corrected chi connectivity index (χ0v) is 53.7. The molecule has 2 heterocycles. The number of pyridine rings is 1. The number of aryl methyl sites for hydroxylation is 13.